The lowest BCUT2D eigenvalue weighted by molar-refractivity contribution is -0.278. The summed E-state index contributed by atoms with van der Waals surface area (Å²) in [5.74, 6) is -0.611. The Morgan fingerprint density at radius 1 is 1.29 bits per heavy atom. The Morgan fingerprint density at radius 2 is 2.00 bits per heavy atom. The molecule has 5 heteroatoms. The molecule has 1 heterocycles. The Kier molecular flexibility index (Phi) is 2.82. The van der Waals surface area contributed by atoms with Crippen LogP contribution in [0.25, 0.3) is 5.69 Å². The SMILES string of the molecule is CCc1ccccc1-n1c([O-])cc(=O)[nH]c1=O. The Labute approximate surface area is 97.0 Å². The largest absolute Gasteiger partial charge is 0.859 e. The van der Waals surface area contributed by atoms with Gasteiger partial charge in [0.15, 0.2) is 0 Å². The first-order chi connectivity index (χ1) is 8.13. The summed E-state index contributed by atoms with van der Waals surface area (Å²) in [6.45, 7) is 1.93. The van der Waals surface area contributed by atoms with Gasteiger partial charge in [0.2, 0.25) is 0 Å². The molecule has 17 heavy (non-hydrogen) atoms. The van der Waals surface area contributed by atoms with Gasteiger partial charge in [0.05, 0.1) is 5.69 Å². The molecule has 88 valence electrons. The van der Waals surface area contributed by atoms with Gasteiger partial charge >= 0.3 is 5.69 Å². The van der Waals surface area contributed by atoms with Crippen LogP contribution < -0.4 is 16.4 Å². The molecule has 0 atom stereocenters. The maximum atomic E-state index is 11.7. The molecule has 0 fully saturated rings. The molecule has 0 spiro atoms. The van der Waals surface area contributed by atoms with Crippen LogP contribution in [-0.2, 0) is 6.42 Å². The second-order valence-corrected chi connectivity index (χ2v) is 3.59. The Hall–Kier alpha value is -2.30. The van der Waals surface area contributed by atoms with Gasteiger partial charge in [0.1, 0.15) is 0 Å². The van der Waals surface area contributed by atoms with Gasteiger partial charge in [-0.05, 0) is 23.9 Å². The van der Waals surface area contributed by atoms with Gasteiger partial charge in [0, 0.05) is 6.07 Å². The number of aryl methyl sites for hydroxylation is 1. The fourth-order valence-electron chi connectivity index (χ4n) is 1.73. The lowest BCUT2D eigenvalue weighted by Crippen LogP contribution is -2.31. The van der Waals surface area contributed by atoms with Gasteiger partial charge in [-0.3, -0.25) is 14.3 Å². The molecule has 1 aromatic heterocycles. The van der Waals surface area contributed by atoms with E-state index in [0.717, 1.165) is 16.2 Å². The van der Waals surface area contributed by atoms with Crippen LogP contribution in [0.3, 0.4) is 0 Å². The normalized spacial score (nSPS) is 10.4. The van der Waals surface area contributed by atoms with Crippen molar-refractivity contribution in [3.05, 3.63) is 56.7 Å². The first-order valence-electron chi connectivity index (χ1n) is 5.25. The van der Waals surface area contributed by atoms with E-state index in [-0.39, 0.29) is 0 Å². The monoisotopic (exact) mass is 231 g/mol. The summed E-state index contributed by atoms with van der Waals surface area (Å²) in [6.07, 6.45) is 0.696. The van der Waals surface area contributed by atoms with Crippen molar-refractivity contribution in [2.45, 2.75) is 13.3 Å². The van der Waals surface area contributed by atoms with Gasteiger partial charge in [-0.2, -0.15) is 0 Å². The van der Waals surface area contributed by atoms with E-state index < -0.39 is 17.1 Å². The minimum Gasteiger partial charge on any atom is -0.859 e. The predicted octanol–water partition coefficient (Wildman–Crippen LogP) is 0.162. The number of hydrogen-bond donors (Lipinski definition) is 1. The number of hydrogen-bond acceptors (Lipinski definition) is 3. The van der Waals surface area contributed by atoms with Crippen LogP contribution in [0, 0.1) is 0 Å². The molecule has 0 radical (unpaired) electrons. The summed E-state index contributed by atoms with van der Waals surface area (Å²) in [5.41, 5.74) is 0.00799. The Balaban J connectivity index is 2.77. The Morgan fingerprint density at radius 3 is 2.65 bits per heavy atom. The number of nitrogens with one attached hydrogen (secondary N) is 1. The van der Waals surface area contributed by atoms with Crippen LogP contribution in [0.4, 0.5) is 0 Å². The Bertz CT molecular complexity index is 655. The molecule has 5 nitrogen and oxygen atoms in total. The number of aromatic amines is 1. The lowest BCUT2D eigenvalue weighted by Gasteiger charge is -2.17. The summed E-state index contributed by atoms with van der Waals surface area (Å²) in [6, 6.07) is 7.97. The molecule has 0 unspecified atom stereocenters. The highest BCUT2D eigenvalue weighted by atomic mass is 16.3. The van der Waals surface area contributed by atoms with E-state index in [9.17, 15) is 14.7 Å². The molecule has 0 amide bonds. The lowest BCUT2D eigenvalue weighted by atomic mass is 10.1. The first kappa shape index (κ1) is 11.2. The van der Waals surface area contributed by atoms with E-state index in [0.29, 0.717) is 12.1 Å². The summed E-state index contributed by atoms with van der Waals surface area (Å²) < 4.78 is 0.972. The van der Waals surface area contributed by atoms with E-state index in [1.807, 2.05) is 19.1 Å². The van der Waals surface area contributed by atoms with Gasteiger partial charge in [0.25, 0.3) is 5.56 Å². The van der Waals surface area contributed by atoms with Crippen molar-refractivity contribution in [1.82, 2.24) is 9.55 Å². The van der Waals surface area contributed by atoms with E-state index in [1.165, 1.54) is 0 Å². The molecular weight excluding hydrogens is 220 g/mol. The molecule has 2 rings (SSSR count). The van der Waals surface area contributed by atoms with Gasteiger partial charge in [-0.25, -0.2) is 4.79 Å². The molecule has 2 aromatic rings. The number of rotatable bonds is 2. The van der Waals surface area contributed by atoms with Crippen LogP contribution in [0.5, 0.6) is 5.88 Å². The average molecular weight is 231 g/mol. The van der Waals surface area contributed by atoms with Crippen molar-refractivity contribution in [3.8, 4) is 11.6 Å². The molecule has 1 N–H and O–H groups in total. The second-order valence-electron chi connectivity index (χ2n) is 3.59. The number of aromatic nitrogens is 2. The summed E-state index contributed by atoms with van der Waals surface area (Å²) in [4.78, 5) is 24.7. The molecule has 0 bridgehead atoms. The summed E-state index contributed by atoms with van der Waals surface area (Å²) in [5, 5.41) is 11.7. The van der Waals surface area contributed by atoms with Crippen molar-refractivity contribution < 1.29 is 5.11 Å². The number of benzene rings is 1. The molecule has 0 aliphatic rings. The number of nitrogens with zero attached hydrogens (tertiary/aromatic N) is 1. The molecule has 0 aliphatic carbocycles. The third kappa shape index (κ3) is 1.99. The smallest absolute Gasteiger partial charge is 0.332 e. The predicted molar refractivity (Wildman–Crippen MR) is 61.5 cm³/mol. The van der Waals surface area contributed by atoms with E-state index in [1.54, 1.807) is 12.1 Å². The number of H-pyrrole nitrogens is 1. The van der Waals surface area contributed by atoms with Crippen molar-refractivity contribution in [2.75, 3.05) is 0 Å². The molecule has 0 saturated heterocycles. The molecule has 1 aromatic carbocycles. The third-order valence-corrected chi connectivity index (χ3v) is 2.52. The third-order valence-electron chi connectivity index (χ3n) is 2.52. The van der Waals surface area contributed by atoms with Crippen LogP contribution in [-0.4, -0.2) is 9.55 Å². The zero-order valence-electron chi connectivity index (χ0n) is 9.27. The van der Waals surface area contributed by atoms with E-state index >= 15 is 0 Å². The van der Waals surface area contributed by atoms with Crippen molar-refractivity contribution in [3.63, 3.8) is 0 Å². The molecule has 0 aliphatic heterocycles. The summed E-state index contributed by atoms with van der Waals surface area (Å²) in [7, 11) is 0. The van der Waals surface area contributed by atoms with Crippen LogP contribution in [0.2, 0.25) is 0 Å². The fraction of sp³-hybridized carbons (Fsp3) is 0.167. The quantitative estimate of drug-likeness (QED) is 0.799. The number of para-hydroxylation sites is 1. The van der Waals surface area contributed by atoms with Crippen molar-refractivity contribution in [1.29, 1.82) is 0 Å². The standard InChI is InChI=1S/C12H12N2O3/c1-2-8-5-3-4-6-9(8)14-11(16)7-10(15)13-12(14)17/h3-7,16H,2H2,1H3,(H,13,15,17)/p-1. The van der Waals surface area contributed by atoms with Crippen LogP contribution in [0.1, 0.15) is 12.5 Å². The highest BCUT2D eigenvalue weighted by molar-refractivity contribution is 5.42. The van der Waals surface area contributed by atoms with Crippen molar-refractivity contribution >= 4 is 0 Å². The van der Waals surface area contributed by atoms with Gasteiger partial charge < -0.3 is 5.11 Å². The zero-order valence-corrected chi connectivity index (χ0v) is 9.27. The van der Waals surface area contributed by atoms with Crippen molar-refractivity contribution in [2.24, 2.45) is 0 Å². The van der Waals surface area contributed by atoms with Gasteiger partial charge in [-0.1, -0.05) is 25.1 Å². The maximum absolute atomic E-state index is 11.7. The fourth-order valence-corrected chi connectivity index (χ4v) is 1.73. The first-order valence-corrected chi connectivity index (χ1v) is 5.25. The molecular formula is C12H11N2O3-. The summed E-state index contributed by atoms with van der Waals surface area (Å²) >= 11 is 0. The minimum atomic E-state index is -0.705. The average Bonchev–Trinajstić information content (AvgIpc) is 2.28. The minimum absolute atomic E-state index is 0.515. The topological polar surface area (TPSA) is 77.9 Å². The van der Waals surface area contributed by atoms with Gasteiger partial charge in [-0.15, -0.1) is 0 Å². The van der Waals surface area contributed by atoms with Crippen LogP contribution >= 0.6 is 0 Å². The molecule has 0 saturated carbocycles. The second kappa shape index (κ2) is 4.29. The highest BCUT2D eigenvalue weighted by Crippen LogP contribution is 2.15. The van der Waals surface area contributed by atoms with E-state index in [4.69, 9.17) is 0 Å². The zero-order chi connectivity index (χ0) is 12.4. The van der Waals surface area contributed by atoms with Crippen LogP contribution in [0.15, 0.2) is 39.9 Å². The highest BCUT2D eigenvalue weighted by Gasteiger charge is 2.05. The van der Waals surface area contributed by atoms with E-state index in [2.05, 4.69) is 4.98 Å². The maximum Gasteiger partial charge on any atom is 0.332 e.